The first-order chi connectivity index (χ1) is 12.6. The van der Waals surface area contributed by atoms with Gasteiger partial charge in [0.1, 0.15) is 0 Å². The summed E-state index contributed by atoms with van der Waals surface area (Å²) in [6.07, 6.45) is 7.67. The molecule has 1 aromatic heterocycles. The molecule has 0 aliphatic carbocycles. The maximum absolute atomic E-state index is 12.0. The molecule has 0 aliphatic rings. The summed E-state index contributed by atoms with van der Waals surface area (Å²) in [5.41, 5.74) is 1.43. The number of hydrogen-bond donors (Lipinski definition) is 1. The number of nitrogens with zero attached hydrogens (tertiary/aromatic N) is 2. The molecule has 0 bridgehead atoms. The van der Waals surface area contributed by atoms with Gasteiger partial charge in [0.2, 0.25) is 11.8 Å². The number of aromatic nitrogens is 1. The van der Waals surface area contributed by atoms with Crippen molar-refractivity contribution in [1.29, 1.82) is 0 Å². The number of anilines is 2. The Balaban J connectivity index is 1.95. The summed E-state index contributed by atoms with van der Waals surface area (Å²) in [4.78, 5) is 29.9. The first-order valence-corrected chi connectivity index (χ1v) is 9.77. The SMILES string of the molecule is CCCCCCNC(=O)C=Cc1csc(N(C(C)=O)c2ccccc2)n1. The summed E-state index contributed by atoms with van der Waals surface area (Å²) in [5.74, 6) is -0.228. The van der Waals surface area contributed by atoms with Crippen LogP contribution in [0.2, 0.25) is 0 Å². The third-order valence-corrected chi connectivity index (χ3v) is 4.61. The average molecular weight is 372 g/mol. The highest BCUT2D eigenvalue weighted by atomic mass is 32.1. The van der Waals surface area contributed by atoms with Crippen LogP contribution in [0, 0.1) is 0 Å². The average Bonchev–Trinajstić information content (AvgIpc) is 3.09. The fraction of sp³-hybridized carbons (Fsp3) is 0.350. The van der Waals surface area contributed by atoms with Crippen LogP contribution in [0.4, 0.5) is 10.8 Å². The maximum atomic E-state index is 12.0. The number of carbonyl (C=O) groups is 2. The molecule has 0 aliphatic heterocycles. The summed E-state index contributed by atoms with van der Waals surface area (Å²) < 4.78 is 0. The van der Waals surface area contributed by atoms with Crippen molar-refractivity contribution in [2.24, 2.45) is 0 Å². The van der Waals surface area contributed by atoms with Gasteiger partial charge in [-0.25, -0.2) is 4.98 Å². The largest absolute Gasteiger partial charge is 0.353 e. The van der Waals surface area contributed by atoms with Gasteiger partial charge in [0.25, 0.3) is 0 Å². The molecule has 0 unspecified atom stereocenters. The Kier molecular flexibility index (Phi) is 8.02. The third-order valence-electron chi connectivity index (χ3n) is 3.77. The number of amides is 2. The molecule has 0 spiro atoms. The fourth-order valence-corrected chi connectivity index (χ4v) is 3.30. The molecule has 26 heavy (non-hydrogen) atoms. The highest BCUT2D eigenvalue weighted by Crippen LogP contribution is 2.28. The van der Waals surface area contributed by atoms with Gasteiger partial charge in [-0.2, -0.15) is 0 Å². The van der Waals surface area contributed by atoms with E-state index in [9.17, 15) is 9.59 Å². The van der Waals surface area contributed by atoms with Gasteiger partial charge >= 0.3 is 0 Å². The van der Waals surface area contributed by atoms with Crippen LogP contribution in [0.5, 0.6) is 0 Å². The summed E-state index contributed by atoms with van der Waals surface area (Å²) >= 11 is 1.37. The standard InChI is InChI=1S/C20H25N3O2S/c1-3-4-5-9-14-21-19(25)13-12-17-15-26-20(22-17)23(16(2)24)18-10-7-6-8-11-18/h6-8,10-13,15H,3-5,9,14H2,1-2H3,(H,21,25). The molecule has 2 aromatic rings. The minimum Gasteiger partial charge on any atom is -0.353 e. The number of benzene rings is 1. The molecular formula is C20H25N3O2S. The first-order valence-electron chi connectivity index (χ1n) is 8.89. The second kappa shape index (κ2) is 10.5. The molecule has 138 valence electrons. The molecule has 1 N–H and O–H groups in total. The number of para-hydroxylation sites is 1. The number of hydrogen-bond acceptors (Lipinski definition) is 4. The van der Waals surface area contributed by atoms with Crippen LogP contribution in [0.25, 0.3) is 6.08 Å². The van der Waals surface area contributed by atoms with Crippen molar-refractivity contribution in [3.05, 3.63) is 47.5 Å². The molecule has 0 radical (unpaired) electrons. The van der Waals surface area contributed by atoms with Crippen LogP contribution >= 0.6 is 11.3 Å². The van der Waals surface area contributed by atoms with Crippen LogP contribution in [0.1, 0.15) is 45.2 Å². The predicted molar refractivity (Wildman–Crippen MR) is 108 cm³/mol. The normalized spacial score (nSPS) is 10.8. The number of nitrogens with one attached hydrogen (secondary N) is 1. The van der Waals surface area contributed by atoms with Crippen LogP contribution in [-0.2, 0) is 9.59 Å². The van der Waals surface area contributed by atoms with Crippen molar-refractivity contribution in [1.82, 2.24) is 10.3 Å². The zero-order chi connectivity index (χ0) is 18.8. The number of thiazole rings is 1. The van der Waals surface area contributed by atoms with Crippen molar-refractivity contribution in [3.8, 4) is 0 Å². The predicted octanol–water partition coefficient (Wildman–Crippen LogP) is 4.54. The second-order valence-corrected chi connectivity index (χ2v) is 6.77. The molecular weight excluding hydrogens is 346 g/mol. The summed E-state index contributed by atoms with van der Waals surface area (Å²) in [7, 11) is 0. The van der Waals surface area contributed by atoms with E-state index in [1.807, 2.05) is 35.7 Å². The van der Waals surface area contributed by atoms with Crippen molar-refractivity contribution < 1.29 is 9.59 Å². The smallest absolute Gasteiger partial charge is 0.244 e. The molecule has 2 rings (SSSR count). The van der Waals surface area contributed by atoms with E-state index in [-0.39, 0.29) is 11.8 Å². The fourth-order valence-electron chi connectivity index (χ4n) is 2.44. The van der Waals surface area contributed by atoms with Crippen molar-refractivity contribution in [3.63, 3.8) is 0 Å². The number of unbranched alkanes of at least 4 members (excludes halogenated alkanes) is 3. The lowest BCUT2D eigenvalue weighted by Gasteiger charge is -2.17. The molecule has 1 heterocycles. The van der Waals surface area contributed by atoms with E-state index in [1.54, 1.807) is 11.0 Å². The number of rotatable bonds is 9. The van der Waals surface area contributed by atoms with Crippen molar-refractivity contribution >= 4 is 40.0 Å². The van der Waals surface area contributed by atoms with Gasteiger partial charge in [-0.1, -0.05) is 44.4 Å². The van der Waals surface area contributed by atoms with E-state index in [2.05, 4.69) is 17.2 Å². The third kappa shape index (κ3) is 6.11. The van der Waals surface area contributed by atoms with Gasteiger partial charge in [0.05, 0.1) is 11.4 Å². The Labute approximate surface area is 158 Å². The lowest BCUT2D eigenvalue weighted by molar-refractivity contribution is -0.117. The summed E-state index contributed by atoms with van der Waals surface area (Å²) in [6.45, 7) is 4.36. The molecule has 6 heteroatoms. The Bertz CT molecular complexity index is 741. The summed E-state index contributed by atoms with van der Waals surface area (Å²) in [5, 5.41) is 5.29. The van der Waals surface area contributed by atoms with Crippen molar-refractivity contribution in [2.45, 2.75) is 39.5 Å². The lowest BCUT2D eigenvalue weighted by Crippen LogP contribution is -2.22. The monoisotopic (exact) mass is 371 g/mol. The lowest BCUT2D eigenvalue weighted by atomic mass is 10.2. The van der Waals surface area contributed by atoms with Gasteiger partial charge in [0, 0.05) is 24.9 Å². The second-order valence-electron chi connectivity index (χ2n) is 5.93. The molecule has 0 saturated heterocycles. The zero-order valence-corrected chi connectivity index (χ0v) is 16.1. The van der Waals surface area contributed by atoms with E-state index >= 15 is 0 Å². The Morgan fingerprint density at radius 2 is 1.96 bits per heavy atom. The van der Waals surface area contributed by atoms with Crippen LogP contribution < -0.4 is 10.2 Å². The van der Waals surface area contributed by atoms with Gasteiger partial charge in [-0.15, -0.1) is 11.3 Å². The van der Waals surface area contributed by atoms with E-state index in [4.69, 9.17) is 0 Å². The van der Waals surface area contributed by atoms with E-state index in [0.29, 0.717) is 17.4 Å². The van der Waals surface area contributed by atoms with Gasteiger partial charge in [-0.05, 0) is 24.6 Å². The topological polar surface area (TPSA) is 62.3 Å². The summed E-state index contributed by atoms with van der Waals surface area (Å²) in [6, 6.07) is 9.39. The Morgan fingerprint density at radius 1 is 1.19 bits per heavy atom. The Morgan fingerprint density at radius 3 is 2.65 bits per heavy atom. The first kappa shape index (κ1) is 19.8. The van der Waals surface area contributed by atoms with E-state index in [0.717, 1.165) is 18.5 Å². The molecule has 0 saturated carbocycles. The minimum absolute atomic E-state index is 0.106. The molecule has 0 atom stereocenters. The van der Waals surface area contributed by atoms with Gasteiger partial charge in [-0.3, -0.25) is 14.5 Å². The highest BCUT2D eigenvalue weighted by molar-refractivity contribution is 7.14. The molecule has 0 fully saturated rings. The van der Waals surface area contributed by atoms with Gasteiger partial charge < -0.3 is 5.32 Å². The van der Waals surface area contributed by atoms with E-state index in [1.165, 1.54) is 37.2 Å². The van der Waals surface area contributed by atoms with Crippen LogP contribution in [0.3, 0.4) is 0 Å². The minimum atomic E-state index is -0.123. The molecule has 2 amide bonds. The van der Waals surface area contributed by atoms with Gasteiger partial charge in [0.15, 0.2) is 5.13 Å². The van der Waals surface area contributed by atoms with Crippen LogP contribution in [-0.4, -0.2) is 23.3 Å². The Hall–Kier alpha value is -2.47. The van der Waals surface area contributed by atoms with Crippen LogP contribution in [0.15, 0.2) is 41.8 Å². The highest BCUT2D eigenvalue weighted by Gasteiger charge is 2.17. The maximum Gasteiger partial charge on any atom is 0.244 e. The number of carbonyl (C=O) groups excluding carboxylic acids is 2. The van der Waals surface area contributed by atoms with Crippen molar-refractivity contribution in [2.75, 3.05) is 11.4 Å². The molecule has 1 aromatic carbocycles. The zero-order valence-electron chi connectivity index (χ0n) is 15.3. The van der Waals surface area contributed by atoms with E-state index < -0.39 is 0 Å². The molecule has 5 nitrogen and oxygen atoms in total. The quantitative estimate of drug-likeness (QED) is 0.520.